The predicted octanol–water partition coefficient (Wildman–Crippen LogP) is 0.534. The van der Waals surface area contributed by atoms with E-state index in [2.05, 4.69) is 10.6 Å². The average Bonchev–Trinajstić information content (AvgIpc) is 2.53. The van der Waals surface area contributed by atoms with Crippen molar-refractivity contribution >= 4 is 5.78 Å². The van der Waals surface area contributed by atoms with Crippen molar-refractivity contribution in [3.05, 3.63) is 11.4 Å². The van der Waals surface area contributed by atoms with Gasteiger partial charge in [0.15, 0.2) is 5.78 Å². The molecule has 3 nitrogen and oxygen atoms in total. The van der Waals surface area contributed by atoms with Gasteiger partial charge in [0.1, 0.15) is 5.82 Å². The Balaban J connectivity index is 2.16. The molecule has 0 amide bonds. The Morgan fingerprint density at radius 3 is 2.33 bits per heavy atom. The zero-order valence-corrected chi connectivity index (χ0v) is 7.15. The summed E-state index contributed by atoms with van der Waals surface area (Å²) in [4.78, 5) is 11.3. The molecular formula is C9H14N2O. The van der Waals surface area contributed by atoms with Crippen molar-refractivity contribution in [1.82, 2.24) is 10.6 Å². The zero-order chi connectivity index (χ0) is 8.39. The number of Topliss-reactive ketones (excluding diaryl/α,β-unsaturated/α-hetero) is 1. The topological polar surface area (TPSA) is 41.1 Å². The van der Waals surface area contributed by atoms with E-state index in [-0.39, 0.29) is 0 Å². The first-order chi connectivity index (χ1) is 5.88. The van der Waals surface area contributed by atoms with E-state index in [1.807, 2.05) is 0 Å². The molecular weight excluding hydrogens is 152 g/mol. The third-order valence-electron chi connectivity index (χ3n) is 2.43. The maximum Gasteiger partial charge on any atom is 0.162 e. The molecule has 66 valence electrons. The van der Waals surface area contributed by atoms with Gasteiger partial charge in [0.05, 0.1) is 0 Å². The van der Waals surface area contributed by atoms with E-state index in [0.29, 0.717) is 5.78 Å². The summed E-state index contributed by atoms with van der Waals surface area (Å²) < 4.78 is 0. The molecule has 0 atom stereocenters. The van der Waals surface area contributed by atoms with Gasteiger partial charge < -0.3 is 10.6 Å². The van der Waals surface area contributed by atoms with Crippen LogP contribution in [-0.4, -0.2) is 18.9 Å². The number of carbonyl (C=O) groups is 1. The number of hydrogen-bond acceptors (Lipinski definition) is 3. The molecule has 0 bridgehead atoms. The lowest BCUT2D eigenvalue weighted by molar-refractivity contribution is -0.114. The second kappa shape index (κ2) is 3.17. The number of allylic oxidation sites excluding steroid dienone is 1. The van der Waals surface area contributed by atoms with Crippen molar-refractivity contribution in [3.8, 4) is 0 Å². The summed E-state index contributed by atoms with van der Waals surface area (Å²) >= 11 is 0. The van der Waals surface area contributed by atoms with Crippen LogP contribution in [0.25, 0.3) is 0 Å². The highest BCUT2D eigenvalue weighted by Gasteiger charge is 2.21. The van der Waals surface area contributed by atoms with E-state index in [9.17, 15) is 4.79 Å². The molecule has 0 unspecified atom stereocenters. The van der Waals surface area contributed by atoms with Crippen molar-refractivity contribution in [2.24, 2.45) is 0 Å². The summed E-state index contributed by atoms with van der Waals surface area (Å²) in [5.41, 5.74) is 0.995. The van der Waals surface area contributed by atoms with E-state index < -0.39 is 0 Å². The Hall–Kier alpha value is -0.990. The lowest BCUT2D eigenvalue weighted by Gasteiger charge is -2.20. The molecule has 0 spiro atoms. The highest BCUT2D eigenvalue weighted by molar-refractivity contribution is 5.97. The molecule has 2 N–H and O–H groups in total. The second-order valence-corrected chi connectivity index (χ2v) is 3.34. The molecule has 0 aromatic heterocycles. The van der Waals surface area contributed by atoms with Crippen LogP contribution < -0.4 is 10.6 Å². The minimum absolute atomic E-state index is 0.326. The molecule has 0 aromatic rings. The molecule has 3 heteroatoms. The molecule has 12 heavy (non-hydrogen) atoms. The summed E-state index contributed by atoms with van der Waals surface area (Å²) in [5, 5.41) is 6.48. The molecule has 1 aliphatic heterocycles. The highest BCUT2D eigenvalue weighted by Crippen LogP contribution is 2.22. The largest absolute Gasteiger partial charge is 0.372 e. The monoisotopic (exact) mass is 166 g/mol. The fraction of sp³-hybridized carbons (Fsp3) is 0.667. The van der Waals surface area contributed by atoms with Crippen molar-refractivity contribution < 1.29 is 4.79 Å². The van der Waals surface area contributed by atoms with Crippen molar-refractivity contribution in [2.75, 3.05) is 13.1 Å². The summed E-state index contributed by atoms with van der Waals surface area (Å²) in [6, 6.07) is 0. The maximum absolute atomic E-state index is 11.3. The molecule has 1 saturated heterocycles. The van der Waals surface area contributed by atoms with Crippen molar-refractivity contribution in [3.63, 3.8) is 0 Å². The van der Waals surface area contributed by atoms with Gasteiger partial charge in [-0.25, -0.2) is 0 Å². The lowest BCUT2D eigenvalue weighted by atomic mass is 10.2. The summed E-state index contributed by atoms with van der Waals surface area (Å²) in [6.07, 6.45) is 3.86. The standard InChI is InChI=1S/C9H14N2O/c12-8-4-1-3-7(8)9-10-5-2-6-11-9/h10-11H,1-6H2. The van der Waals surface area contributed by atoms with E-state index in [1.54, 1.807) is 0 Å². The molecule has 2 rings (SSSR count). The van der Waals surface area contributed by atoms with Crippen molar-refractivity contribution in [2.45, 2.75) is 25.7 Å². The smallest absolute Gasteiger partial charge is 0.162 e. The zero-order valence-electron chi connectivity index (χ0n) is 7.15. The van der Waals surface area contributed by atoms with Crippen LogP contribution in [-0.2, 0) is 4.79 Å². The number of rotatable bonds is 0. The number of carbonyl (C=O) groups excluding carboxylic acids is 1. The minimum Gasteiger partial charge on any atom is -0.372 e. The van der Waals surface area contributed by atoms with Gasteiger partial charge in [0, 0.05) is 25.1 Å². The van der Waals surface area contributed by atoms with Crippen LogP contribution in [0.4, 0.5) is 0 Å². The first-order valence-electron chi connectivity index (χ1n) is 4.62. The van der Waals surface area contributed by atoms with Crippen LogP contribution in [0.15, 0.2) is 11.4 Å². The quantitative estimate of drug-likeness (QED) is 0.516. The van der Waals surface area contributed by atoms with Crippen LogP contribution in [0, 0.1) is 0 Å². The molecule has 1 heterocycles. The second-order valence-electron chi connectivity index (χ2n) is 3.34. The predicted molar refractivity (Wildman–Crippen MR) is 46.5 cm³/mol. The maximum atomic E-state index is 11.3. The average molecular weight is 166 g/mol. The Bertz CT molecular complexity index is 225. The summed E-state index contributed by atoms with van der Waals surface area (Å²) in [7, 11) is 0. The van der Waals surface area contributed by atoms with Crippen LogP contribution in [0.3, 0.4) is 0 Å². The highest BCUT2D eigenvalue weighted by atomic mass is 16.1. The first kappa shape index (κ1) is 7.65. The summed E-state index contributed by atoms with van der Waals surface area (Å²) in [6.45, 7) is 2.00. The molecule has 0 radical (unpaired) electrons. The molecule has 0 aromatic carbocycles. The molecule has 2 aliphatic rings. The number of nitrogens with one attached hydrogen (secondary N) is 2. The fourth-order valence-corrected chi connectivity index (χ4v) is 1.77. The Labute approximate surface area is 72.2 Å². The summed E-state index contributed by atoms with van der Waals surface area (Å²) in [5.74, 6) is 1.33. The van der Waals surface area contributed by atoms with Crippen molar-refractivity contribution in [1.29, 1.82) is 0 Å². The number of hydrogen-bond donors (Lipinski definition) is 2. The van der Waals surface area contributed by atoms with Gasteiger partial charge in [0.2, 0.25) is 0 Å². The Kier molecular flexibility index (Phi) is 2.02. The van der Waals surface area contributed by atoms with Gasteiger partial charge in [-0.15, -0.1) is 0 Å². The minimum atomic E-state index is 0.326. The third kappa shape index (κ3) is 1.31. The molecule has 1 aliphatic carbocycles. The van der Waals surface area contributed by atoms with E-state index in [4.69, 9.17) is 0 Å². The van der Waals surface area contributed by atoms with Crippen LogP contribution in [0.2, 0.25) is 0 Å². The third-order valence-corrected chi connectivity index (χ3v) is 2.43. The first-order valence-corrected chi connectivity index (χ1v) is 4.62. The lowest BCUT2D eigenvalue weighted by Crippen LogP contribution is -2.36. The van der Waals surface area contributed by atoms with Gasteiger partial charge in [-0.2, -0.15) is 0 Å². The van der Waals surface area contributed by atoms with Gasteiger partial charge in [-0.1, -0.05) is 0 Å². The van der Waals surface area contributed by atoms with Crippen LogP contribution >= 0.6 is 0 Å². The molecule has 2 fully saturated rings. The van der Waals surface area contributed by atoms with Gasteiger partial charge in [-0.3, -0.25) is 4.79 Å². The Morgan fingerprint density at radius 1 is 1.00 bits per heavy atom. The number of ketones is 1. The SMILES string of the molecule is O=C1CCCC1=C1NCCCN1. The normalized spacial score (nSPS) is 23.8. The van der Waals surface area contributed by atoms with E-state index in [1.165, 1.54) is 0 Å². The Morgan fingerprint density at radius 2 is 1.75 bits per heavy atom. The van der Waals surface area contributed by atoms with Crippen LogP contribution in [0.5, 0.6) is 0 Å². The fourth-order valence-electron chi connectivity index (χ4n) is 1.77. The van der Waals surface area contributed by atoms with Gasteiger partial charge >= 0.3 is 0 Å². The molecule has 1 saturated carbocycles. The van der Waals surface area contributed by atoms with Gasteiger partial charge in [-0.05, 0) is 19.3 Å². The van der Waals surface area contributed by atoms with Crippen LogP contribution in [0.1, 0.15) is 25.7 Å². The van der Waals surface area contributed by atoms with E-state index in [0.717, 1.165) is 50.2 Å². The van der Waals surface area contributed by atoms with E-state index >= 15 is 0 Å². The van der Waals surface area contributed by atoms with Gasteiger partial charge in [0.25, 0.3) is 0 Å².